The molecule has 0 aliphatic carbocycles. The first-order valence-electron chi connectivity index (χ1n) is 5.74. The van der Waals surface area contributed by atoms with E-state index in [0.29, 0.717) is 13.2 Å². The lowest BCUT2D eigenvalue weighted by Crippen LogP contribution is -2.53. The van der Waals surface area contributed by atoms with Crippen LogP contribution in [0.2, 0.25) is 0 Å². The van der Waals surface area contributed by atoms with Crippen LogP contribution in [0.3, 0.4) is 0 Å². The fourth-order valence-corrected chi connectivity index (χ4v) is 3.01. The zero-order valence-electron chi connectivity index (χ0n) is 10.5. The van der Waals surface area contributed by atoms with Crippen molar-refractivity contribution in [1.29, 1.82) is 0 Å². The van der Waals surface area contributed by atoms with E-state index in [4.69, 9.17) is 9.47 Å². The van der Waals surface area contributed by atoms with Gasteiger partial charge in [-0.2, -0.15) is 0 Å². The van der Waals surface area contributed by atoms with Gasteiger partial charge in [0.15, 0.2) is 0 Å². The van der Waals surface area contributed by atoms with Crippen molar-refractivity contribution in [2.45, 2.75) is 18.4 Å². The predicted octanol–water partition coefficient (Wildman–Crippen LogP) is -0.679. The molecule has 1 fully saturated rings. The maximum atomic E-state index is 11.6. The molecule has 1 aliphatic heterocycles. The van der Waals surface area contributed by atoms with Crippen molar-refractivity contribution in [3.63, 3.8) is 0 Å². The first-order valence-corrected chi connectivity index (χ1v) is 7.39. The van der Waals surface area contributed by atoms with E-state index >= 15 is 0 Å². The molecule has 0 saturated carbocycles. The van der Waals surface area contributed by atoms with Crippen LogP contribution in [0, 0.1) is 0 Å². The number of ether oxygens (including phenoxy) is 2. The highest BCUT2D eigenvalue weighted by Crippen LogP contribution is 2.19. The number of sulfonamides is 1. The Kier molecular flexibility index (Phi) is 5.81. The van der Waals surface area contributed by atoms with Crippen LogP contribution in [-0.2, 0) is 19.5 Å². The molecule has 0 aromatic heterocycles. The lowest BCUT2D eigenvalue weighted by atomic mass is 9.99. The van der Waals surface area contributed by atoms with Gasteiger partial charge in [-0.1, -0.05) is 0 Å². The summed E-state index contributed by atoms with van der Waals surface area (Å²) in [6.45, 7) is 2.00. The van der Waals surface area contributed by atoms with Crippen molar-refractivity contribution in [2.75, 3.05) is 46.3 Å². The molecule has 1 aliphatic rings. The Balaban J connectivity index is 2.46. The zero-order valence-corrected chi connectivity index (χ0v) is 11.3. The molecular weight excluding hydrogens is 244 g/mol. The van der Waals surface area contributed by atoms with Gasteiger partial charge in [0.2, 0.25) is 10.0 Å². The van der Waals surface area contributed by atoms with Crippen LogP contribution < -0.4 is 10.0 Å². The molecule has 0 aromatic rings. The van der Waals surface area contributed by atoms with E-state index in [1.807, 2.05) is 0 Å². The number of nitrogens with one attached hydrogen (secondary N) is 2. The third kappa shape index (κ3) is 4.89. The van der Waals surface area contributed by atoms with E-state index < -0.39 is 10.0 Å². The van der Waals surface area contributed by atoms with Crippen molar-refractivity contribution < 1.29 is 17.9 Å². The minimum absolute atomic E-state index is 0.00738. The van der Waals surface area contributed by atoms with Crippen LogP contribution in [0.4, 0.5) is 0 Å². The molecule has 2 N–H and O–H groups in total. The molecule has 0 radical (unpaired) electrons. The normalized spacial score (nSPS) is 25.3. The molecule has 17 heavy (non-hydrogen) atoms. The Morgan fingerprint density at radius 1 is 1.35 bits per heavy atom. The van der Waals surface area contributed by atoms with Gasteiger partial charge in [-0.15, -0.1) is 0 Å². The second-order valence-electron chi connectivity index (χ2n) is 4.38. The summed E-state index contributed by atoms with van der Waals surface area (Å²) < 4.78 is 35.8. The Morgan fingerprint density at radius 3 is 2.65 bits per heavy atom. The summed E-state index contributed by atoms with van der Waals surface area (Å²) >= 11 is 0. The molecule has 0 amide bonds. The third-order valence-electron chi connectivity index (χ3n) is 2.94. The van der Waals surface area contributed by atoms with Crippen LogP contribution in [0.25, 0.3) is 0 Å². The largest absolute Gasteiger partial charge is 0.384 e. The number of hydrogen-bond donors (Lipinski definition) is 2. The van der Waals surface area contributed by atoms with Crippen molar-refractivity contribution >= 4 is 10.0 Å². The van der Waals surface area contributed by atoms with E-state index in [9.17, 15) is 8.42 Å². The topological polar surface area (TPSA) is 76.7 Å². The summed E-state index contributed by atoms with van der Waals surface area (Å²) in [7, 11) is -0.145. The highest BCUT2D eigenvalue weighted by Gasteiger charge is 2.34. The first-order chi connectivity index (χ1) is 8.04. The van der Waals surface area contributed by atoms with Gasteiger partial charge in [0.05, 0.1) is 24.5 Å². The number of rotatable bonds is 8. The maximum absolute atomic E-state index is 11.6. The SMILES string of the molecule is COCCS(=O)(=O)NCC1(COC)CCCN1. The number of hydrogen-bond acceptors (Lipinski definition) is 5. The summed E-state index contributed by atoms with van der Waals surface area (Å²) in [4.78, 5) is 0. The van der Waals surface area contributed by atoms with Crippen LogP contribution >= 0.6 is 0 Å². The summed E-state index contributed by atoms with van der Waals surface area (Å²) in [5.41, 5.74) is -0.255. The minimum atomic E-state index is -3.26. The Labute approximate surface area is 103 Å². The van der Waals surface area contributed by atoms with Gasteiger partial charge in [-0.05, 0) is 19.4 Å². The van der Waals surface area contributed by atoms with Crippen molar-refractivity contribution in [3.05, 3.63) is 0 Å². The number of methoxy groups -OCH3 is 2. The molecule has 6 nitrogen and oxygen atoms in total. The van der Waals surface area contributed by atoms with Crippen LogP contribution in [0.5, 0.6) is 0 Å². The van der Waals surface area contributed by atoms with Crippen molar-refractivity contribution in [3.8, 4) is 0 Å². The zero-order chi connectivity index (χ0) is 12.8. The monoisotopic (exact) mass is 266 g/mol. The molecular formula is C10H22N2O4S. The molecule has 1 atom stereocenters. The molecule has 102 valence electrons. The Bertz CT molecular complexity index is 312. The van der Waals surface area contributed by atoms with Gasteiger partial charge in [-0.3, -0.25) is 0 Å². The Morgan fingerprint density at radius 2 is 2.12 bits per heavy atom. The lowest BCUT2D eigenvalue weighted by Gasteiger charge is -2.28. The minimum Gasteiger partial charge on any atom is -0.384 e. The second-order valence-corrected chi connectivity index (χ2v) is 6.30. The van der Waals surface area contributed by atoms with Crippen molar-refractivity contribution in [1.82, 2.24) is 10.0 Å². The molecule has 1 saturated heterocycles. The van der Waals surface area contributed by atoms with E-state index in [1.165, 1.54) is 7.11 Å². The smallest absolute Gasteiger partial charge is 0.213 e. The van der Waals surface area contributed by atoms with E-state index in [1.54, 1.807) is 7.11 Å². The van der Waals surface area contributed by atoms with Crippen LogP contribution in [0.1, 0.15) is 12.8 Å². The van der Waals surface area contributed by atoms with E-state index in [2.05, 4.69) is 10.0 Å². The third-order valence-corrected chi connectivity index (χ3v) is 4.23. The van der Waals surface area contributed by atoms with Gasteiger partial charge in [-0.25, -0.2) is 13.1 Å². The van der Waals surface area contributed by atoms with E-state index in [0.717, 1.165) is 19.4 Å². The summed E-state index contributed by atoms with van der Waals surface area (Å²) in [5.74, 6) is -0.00738. The lowest BCUT2D eigenvalue weighted by molar-refractivity contribution is 0.122. The van der Waals surface area contributed by atoms with Gasteiger partial charge < -0.3 is 14.8 Å². The fraction of sp³-hybridized carbons (Fsp3) is 1.00. The van der Waals surface area contributed by atoms with Gasteiger partial charge in [0.1, 0.15) is 0 Å². The molecule has 0 spiro atoms. The van der Waals surface area contributed by atoms with E-state index in [-0.39, 0.29) is 17.9 Å². The molecule has 1 heterocycles. The highest BCUT2D eigenvalue weighted by molar-refractivity contribution is 7.89. The van der Waals surface area contributed by atoms with Crippen LogP contribution in [-0.4, -0.2) is 60.2 Å². The van der Waals surface area contributed by atoms with Crippen LogP contribution in [0.15, 0.2) is 0 Å². The second kappa shape index (κ2) is 6.65. The van der Waals surface area contributed by atoms with Gasteiger partial charge in [0.25, 0.3) is 0 Å². The maximum Gasteiger partial charge on any atom is 0.213 e. The average molecular weight is 266 g/mol. The predicted molar refractivity (Wildman–Crippen MR) is 65.5 cm³/mol. The molecule has 1 unspecified atom stereocenters. The van der Waals surface area contributed by atoms with Gasteiger partial charge in [0, 0.05) is 20.8 Å². The Hall–Kier alpha value is -0.210. The fourth-order valence-electron chi connectivity index (χ4n) is 1.98. The molecule has 1 rings (SSSR count). The molecule has 7 heteroatoms. The summed E-state index contributed by atoms with van der Waals surface area (Å²) in [5, 5.41) is 3.32. The standard InChI is InChI=1S/C10H22N2O4S/c1-15-6-7-17(13,14)12-8-10(9-16-2)4-3-5-11-10/h11-12H,3-9H2,1-2H3. The van der Waals surface area contributed by atoms with Crippen molar-refractivity contribution in [2.24, 2.45) is 0 Å². The highest BCUT2D eigenvalue weighted by atomic mass is 32.2. The molecule has 0 aromatic carbocycles. The quantitative estimate of drug-likeness (QED) is 0.609. The average Bonchev–Trinajstić information content (AvgIpc) is 2.74. The summed E-state index contributed by atoms with van der Waals surface area (Å²) in [6.07, 6.45) is 1.97. The first kappa shape index (κ1) is 14.8. The van der Waals surface area contributed by atoms with Gasteiger partial charge >= 0.3 is 0 Å². The summed E-state index contributed by atoms with van der Waals surface area (Å²) in [6, 6.07) is 0. The molecule has 0 bridgehead atoms.